The number of amidine groups is 1. The number of hydrogen-bond donors (Lipinski definition) is 3. The highest BCUT2D eigenvalue weighted by atomic mass is 32.2. The van der Waals surface area contributed by atoms with Crippen molar-refractivity contribution in [2.75, 3.05) is 6.26 Å². The van der Waals surface area contributed by atoms with Crippen molar-refractivity contribution in [3.05, 3.63) is 59.7 Å². The maximum atomic E-state index is 9.64. The summed E-state index contributed by atoms with van der Waals surface area (Å²) in [6.45, 7) is 0. The predicted octanol–water partition coefficient (Wildman–Crippen LogP) is 1.75. The van der Waals surface area contributed by atoms with Gasteiger partial charge >= 0.3 is 5.17 Å². The summed E-state index contributed by atoms with van der Waals surface area (Å²) in [5.41, 5.74) is 2.77. The van der Waals surface area contributed by atoms with Crippen molar-refractivity contribution in [1.29, 1.82) is 0 Å². The molecule has 0 aliphatic carbocycles. The van der Waals surface area contributed by atoms with E-state index >= 15 is 0 Å². The Morgan fingerprint density at radius 2 is 1.52 bits per heavy atom. The molecule has 7 heteroatoms. The van der Waals surface area contributed by atoms with Gasteiger partial charge in [-0.3, -0.25) is 0 Å². The second kappa shape index (κ2) is 8.72. The standard InChI is InChI=1S/C16H16N4O2S/c1-23-16(19-17-10-12-6-2-4-8-14(12)21)20-18-11-13-7-3-5-9-15(13)22/h2-11,21-22H,1H3,(H,19,20)/p+1/b17-10+,18-11+. The van der Waals surface area contributed by atoms with Gasteiger partial charge in [0.05, 0.1) is 12.4 Å². The van der Waals surface area contributed by atoms with Gasteiger partial charge in [0, 0.05) is 11.1 Å². The molecule has 0 aliphatic heterocycles. The number of aromatic hydroxyl groups is 2. The summed E-state index contributed by atoms with van der Waals surface area (Å²) in [4.78, 5) is 0. The Hall–Kier alpha value is -2.64. The van der Waals surface area contributed by atoms with Gasteiger partial charge in [-0.05, 0) is 42.3 Å². The van der Waals surface area contributed by atoms with Crippen molar-refractivity contribution in [3.8, 4) is 11.5 Å². The second-order valence-electron chi connectivity index (χ2n) is 4.41. The average molecular weight is 329 g/mol. The van der Waals surface area contributed by atoms with Crippen LogP contribution in [0.2, 0.25) is 0 Å². The topological polar surface area (TPSA) is 94.2 Å². The van der Waals surface area contributed by atoms with Crippen LogP contribution >= 0.6 is 11.8 Å². The lowest BCUT2D eigenvalue weighted by Crippen LogP contribution is -2.81. The molecule has 0 saturated carbocycles. The SMILES string of the molecule is CSC(=N/N=C/c1ccccc1O)[NH2+]/N=C/c1ccccc1O. The van der Waals surface area contributed by atoms with Crippen LogP contribution in [0, 0.1) is 0 Å². The maximum Gasteiger partial charge on any atom is 0.305 e. The van der Waals surface area contributed by atoms with Gasteiger partial charge in [-0.1, -0.05) is 34.5 Å². The van der Waals surface area contributed by atoms with E-state index in [1.54, 1.807) is 48.0 Å². The van der Waals surface area contributed by atoms with E-state index in [0.29, 0.717) is 16.3 Å². The Labute approximate surface area is 138 Å². The molecule has 4 N–H and O–H groups in total. The molecule has 0 unspecified atom stereocenters. The van der Waals surface area contributed by atoms with Crippen molar-refractivity contribution in [3.63, 3.8) is 0 Å². The number of nitrogens with zero attached hydrogens (tertiary/aromatic N) is 3. The third-order valence-corrected chi connectivity index (χ3v) is 3.44. The molecule has 6 nitrogen and oxygen atoms in total. The van der Waals surface area contributed by atoms with Crippen molar-refractivity contribution < 1.29 is 15.6 Å². The smallest absolute Gasteiger partial charge is 0.305 e. The van der Waals surface area contributed by atoms with Gasteiger partial charge in [0.25, 0.3) is 0 Å². The molecule has 0 saturated heterocycles. The average Bonchev–Trinajstić information content (AvgIpc) is 2.56. The molecule has 23 heavy (non-hydrogen) atoms. The van der Waals surface area contributed by atoms with Gasteiger partial charge in [0.2, 0.25) is 0 Å². The molecule has 0 atom stereocenters. The molecule has 0 bridgehead atoms. The number of phenolic OH excluding ortho intramolecular Hbond substituents is 2. The van der Waals surface area contributed by atoms with Crippen LogP contribution in [0.5, 0.6) is 11.5 Å². The van der Waals surface area contributed by atoms with Crippen molar-refractivity contribution in [2.45, 2.75) is 0 Å². The first-order chi connectivity index (χ1) is 11.2. The fourth-order valence-electron chi connectivity index (χ4n) is 1.64. The quantitative estimate of drug-likeness (QED) is 0.345. The van der Waals surface area contributed by atoms with Crippen molar-refractivity contribution in [2.24, 2.45) is 15.3 Å². The number of rotatable bonds is 4. The second-order valence-corrected chi connectivity index (χ2v) is 5.24. The van der Waals surface area contributed by atoms with E-state index in [2.05, 4.69) is 15.3 Å². The molecule has 2 aromatic rings. The number of benzene rings is 2. The van der Waals surface area contributed by atoms with Crippen molar-refractivity contribution >= 4 is 29.4 Å². The zero-order chi connectivity index (χ0) is 16.5. The molecule has 0 fully saturated rings. The summed E-state index contributed by atoms with van der Waals surface area (Å²) in [5, 5.41) is 32.0. The predicted molar refractivity (Wildman–Crippen MR) is 94.3 cm³/mol. The Kier molecular flexibility index (Phi) is 6.34. The molecular formula is C16H17N4O2S+. The maximum absolute atomic E-state index is 9.64. The van der Waals surface area contributed by atoms with E-state index in [1.807, 2.05) is 18.4 Å². The molecule has 0 spiro atoms. The highest BCUT2D eigenvalue weighted by molar-refractivity contribution is 8.12. The van der Waals surface area contributed by atoms with E-state index < -0.39 is 0 Å². The first kappa shape index (κ1) is 16.7. The van der Waals surface area contributed by atoms with Gasteiger partial charge in [0.1, 0.15) is 11.5 Å². The summed E-state index contributed by atoms with van der Waals surface area (Å²) < 4.78 is 0. The molecule has 2 rings (SSSR count). The fraction of sp³-hybridized carbons (Fsp3) is 0.0625. The normalized spacial score (nSPS) is 12.3. The first-order valence-electron chi connectivity index (χ1n) is 6.78. The Bertz CT molecular complexity index is 744. The lowest BCUT2D eigenvalue weighted by atomic mass is 10.2. The minimum absolute atomic E-state index is 0.152. The number of hydrogen-bond acceptors (Lipinski definition) is 6. The van der Waals surface area contributed by atoms with Crippen LogP contribution in [0.15, 0.2) is 63.8 Å². The van der Waals surface area contributed by atoms with E-state index in [0.717, 1.165) is 0 Å². The third-order valence-electron chi connectivity index (χ3n) is 2.83. The lowest BCUT2D eigenvalue weighted by molar-refractivity contribution is -0.539. The zero-order valence-corrected chi connectivity index (χ0v) is 13.3. The first-order valence-corrected chi connectivity index (χ1v) is 8.00. The monoisotopic (exact) mass is 329 g/mol. The number of thioether (sulfide) groups is 1. The largest absolute Gasteiger partial charge is 0.507 e. The van der Waals surface area contributed by atoms with E-state index in [4.69, 9.17) is 0 Å². The third kappa shape index (κ3) is 5.24. The highest BCUT2D eigenvalue weighted by Crippen LogP contribution is 2.13. The summed E-state index contributed by atoms with van der Waals surface area (Å²) >= 11 is 1.39. The van der Waals surface area contributed by atoms with E-state index in [1.165, 1.54) is 18.0 Å². The van der Waals surface area contributed by atoms with Crippen LogP contribution in [-0.4, -0.2) is 34.1 Å². The molecule has 2 aromatic carbocycles. The molecular weight excluding hydrogens is 312 g/mol. The zero-order valence-electron chi connectivity index (χ0n) is 12.5. The Morgan fingerprint density at radius 3 is 2.09 bits per heavy atom. The summed E-state index contributed by atoms with van der Waals surface area (Å²) in [6, 6.07) is 13.8. The van der Waals surface area contributed by atoms with Crippen LogP contribution in [-0.2, 0) is 0 Å². The summed E-state index contributed by atoms with van der Waals surface area (Å²) in [6.07, 6.45) is 4.89. The molecule has 0 aliphatic rings. The van der Waals surface area contributed by atoms with Crippen LogP contribution in [0.1, 0.15) is 11.1 Å². The molecule has 118 valence electrons. The van der Waals surface area contributed by atoms with Gasteiger partial charge in [-0.2, -0.15) is 10.5 Å². The van der Waals surface area contributed by atoms with Crippen LogP contribution in [0.3, 0.4) is 0 Å². The fourth-order valence-corrected chi connectivity index (χ4v) is 1.94. The van der Waals surface area contributed by atoms with Crippen molar-refractivity contribution in [1.82, 2.24) is 0 Å². The van der Waals surface area contributed by atoms with Gasteiger partial charge < -0.3 is 10.2 Å². The van der Waals surface area contributed by atoms with Gasteiger partial charge in [-0.15, -0.1) is 0 Å². The minimum atomic E-state index is 0.152. The summed E-state index contributed by atoms with van der Waals surface area (Å²) in [5.74, 6) is 0.323. The number of phenols is 2. The minimum Gasteiger partial charge on any atom is -0.507 e. The van der Waals surface area contributed by atoms with Crippen LogP contribution in [0.25, 0.3) is 0 Å². The van der Waals surface area contributed by atoms with Crippen LogP contribution < -0.4 is 5.43 Å². The number of nitrogens with two attached hydrogens (primary N) is 1. The summed E-state index contributed by atoms with van der Waals surface area (Å²) in [7, 11) is 0. The molecule has 0 amide bonds. The Morgan fingerprint density at radius 1 is 0.957 bits per heavy atom. The molecule has 0 radical (unpaired) electrons. The van der Waals surface area contributed by atoms with Crippen LogP contribution in [0.4, 0.5) is 0 Å². The molecule has 0 heterocycles. The number of quaternary nitrogens is 1. The van der Waals surface area contributed by atoms with Gasteiger partial charge in [-0.25, -0.2) is 0 Å². The van der Waals surface area contributed by atoms with E-state index in [-0.39, 0.29) is 11.5 Å². The highest BCUT2D eigenvalue weighted by Gasteiger charge is 2.01. The lowest BCUT2D eigenvalue weighted by Gasteiger charge is -1.96. The number of para-hydroxylation sites is 2. The molecule has 0 aromatic heterocycles. The van der Waals surface area contributed by atoms with Gasteiger partial charge in [0.15, 0.2) is 0 Å². The van der Waals surface area contributed by atoms with E-state index in [9.17, 15) is 10.2 Å². The Balaban J connectivity index is 2.00.